The molecule has 9 nitrogen and oxygen atoms in total. The van der Waals surface area contributed by atoms with E-state index in [1.54, 1.807) is 29.8 Å². The molecule has 0 spiro atoms. The minimum absolute atomic E-state index is 0.0444. The molecule has 3 aromatic rings. The number of para-hydroxylation sites is 1. The number of nitrogens with zero attached hydrogens (tertiary/aromatic N) is 2. The Kier molecular flexibility index (Phi) is 5.03. The minimum atomic E-state index is -3.79. The molecule has 0 aliphatic carbocycles. The molecule has 32 heavy (non-hydrogen) atoms. The van der Waals surface area contributed by atoms with Gasteiger partial charge in [0, 0.05) is 25.1 Å². The molecule has 1 aromatic heterocycles. The van der Waals surface area contributed by atoms with Crippen LogP contribution in [0.4, 0.5) is 0 Å². The number of nitrogens with one attached hydrogen (secondary N) is 2. The van der Waals surface area contributed by atoms with Gasteiger partial charge in [-0.2, -0.15) is 0 Å². The smallest absolute Gasteiger partial charge is 0.255 e. The third-order valence-electron chi connectivity index (χ3n) is 5.67. The topological polar surface area (TPSA) is 126 Å². The molecule has 2 aliphatic heterocycles. The van der Waals surface area contributed by atoms with Gasteiger partial charge in [-0.3, -0.25) is 19.7 Å². The monoisotopic (exact) mass is 470 g/mol. The molecule has 0 saturated carbocycles. The number of imide groups is 1. The summed E-state index contributed by atoms with van der Waals surface area (Å²) in [5.41, 5.74) is 3.93. The fraction of sp³-hybridized carbons (Fsp3) is 0.238. The number of rotatable bonds is 5. The molecule has 5 rings (SSSR count). The van der Waals surface area contributed by atoms with Crippen LogP contribution in [0, 0.1) is 0 Å². The highest BCUT2D eigenvalue weighted by molar-refractivity contribution is 7.89. The molecule has 1 saturated heterocycles. The number of carbonyl (C=O) groups is 3. The number of benzene rings is 2. The average Bonchev–Trinajstić information content (AvgIpc) is 3.37. The van der Waals surface area contributed by atoms with Crippen LogP contribution in [0.2, 0.25) is 0 Å². The molecule has 164 valence electrons. The summed E-state index contributed by atoms with van der Waals surface area (Å²) in [4.78, 5) is 42.1. The second-order valence-corrected chi connectivity index (χ2v) is 10.3. The molecule has 1 atom stereocenters. The zero-order chi connectivity index (χ0) is 22.5. The molecule has 3 amide bonds. The summed E-state index contributed by atoms with van der Waals surface area (Å²) in [6.45, 7) is 0.280. The normalized spacial score (nSPS) is 18.8. The molecular formula is C21H18N4O5S2. The van der Waals surface area contributed by atoms with Gasteiger partial charge in [-0.05, 0) is 35.7 Å². The summed E-state index contributed by atoms with van der Waals surface area (Å²) >= 11 is 1.37. The third kappa shape index (κ3) is 3.57. The van der Waals surface area contributed by atoms with Gasteiger partial charge in [0.05, 0.1) is 10.2 Å². The largest absolute Gasteiger partial charge is 0.322 e. The van der Waals surface area contributed by atoms with E-state index in [1.165, 1.54) is 22.3 Å². The number of aromatic nitrogens is 1. The maximum absolute atomic E-state index is 12.8. The zero-order valence-corrected chi connectivity index (χ0v) is 18.3. The summed E-state index contributed by atoms with van der Waals surface area (Å²) in [5, 5.41) is 2.28. The third-order valence-corrected chi connectivity index (χ3v) is 7.89. The van der Waals surface area contributed by atoms with Crippen LogP contribution in [0.1, 0.15) is 34.3 Å². The Bertz CT molecular complexity index is 1380. The van der Waals surface area contributed by atoms with E-state index in [0.29, 0.717) is 23.1 Å². The Morgan fingerprint density at radius 3 is 2.84 bits per heavy atom. The molecule has 11 heteroatoms. The van der Waals surface area contributed by atoms with Gasteiger partial charge in [-0.15, -0.1) is 11.3 Å². The maximum atomic E-state index is 12.8. The van der Waals surface area contributed by atoms with Crippen molar-refractivity contribution < 1.29 is 22.8 Å². The van der Waals surface area contributed by atoms with Gasteiger partial charge in [-0.1, -0.05) is 18.2 Å². The molecule has 2 N–H and O–H groups in total. The lowest BCUT2D eigenvalue weighted by atomic mass is 10.0. The van der Waals surface area contributed by atoms with E-state index in [9.17, 15) is 22.8 Å². The highest BCUT2D eigenvalue weighted by Crippen LogP contribution is 2.29. The van der Waals surface area contributed by atoms with E-state index in [0.717, 1.165) is 10.3 Å². The highest BCUT2D eigenvalue weighted by atomic mass is 32.2. The van der Waals surface area contributed by atoms with E-state index in [4.69, 9.17) is 0 Å². The van der Waals surface area contributed by atoms with Crippen LogP contribution in [0.5, 0.6) is 0 Å². The van der Waals surface area contributed by atoms with Gasteiger partial charge in [-0.25, -0.2) is 18.1 Å². The van der Waals surface area contributed by atoms with Crippen LogP contribution in [0.15, 0.2) is 46.8 Å². The predicted octanol–water partition coefficient (Wildman–Crippen LogP) is 1.54. The Morgan fingerprint density at radius 2 is 2.03 bits per heavy atom. The molecule has 0 radical (unpaired) electrons. The Labute approximate surface area is 187 Å². The first-order chi connectivity index (χ1) is 15.3. The average molecular weight is 471 g/mol. The maximum Gasteiger partial charge on any atom is 0.255 e. The summed E-state index contributed by atoms with van der Waals surface area (Å²) in [6.07, 6.45) is 0.481. The quantitative estimate of drug-likeness (QED) is 0.545. The standard InChI is InChI=1S/C21H18N4O5S2/c26-18-7-6-15(20(27)24-18)25-10-13-8-12(4-5-14(13)21(25)28)9-23-32(29,30)17-3-1-2-16-19(17)22-11-31-16/h1-5,8,11,15,23H,6-7,9-10H2,(H,24,26,27). The Morgan fingerprint density at radius 1 is 1.19 bits per heavy atom. The van der Waals surface area contributed by atoms with E-state index in [1.807, 2.05) is 6.07 Å². The van der Waals surface area contributed by atoms with Crippen molar-refractivity contribution in [1.29, 1.82) is 0 Å². The van der Waals surface area contributed by atoms with Gasteiger partial charge in [0.25, 0.3) is 5.91 Å². The predicted molar refractivity (Wildman–Crippen MR) is 116 cm³/mol. The lowest BCUT2D eigenvalue weighted by Crippen LogP contribution is -2.52. The summed E-state index contributed by atoms with van der Waals surface area (Å²) < 4.78 is 29.1. The van der Waals surface area contributed by atoms with Crippen LogP contribution in [0.25, 0.3) is 10.2 Å². The van der Waals surface area contributed by atoms with Crippen molar-refractivity contribution >= 4 is 49.3 Å². The Balaban J connectivity index is 1.33. The zero-order valence-electron chi connectivity index (χ0n) is 16.7. The van der Waals surface area contributed by atoms with E-state index < -0.39 is 22.0 Å². The van der Waals surface area contributed by atoms with Gasteiger partial charge in [0.2, 0.25) is 21.8 Å². The van der Waals surface area contributed by atoms with Gasteiger partial charge in [0.1, 0.15) is 16.5 Å². The minimum Gasteiger partial charge on any atom is -0.322 e. The van der Waals surface area contributed by atoms with E-state index in [2.05, 4.69) is 15.0 Å². The molecule has 2 aromatic carbocycles. The molecule has 0 bridgehead atoms. The second kappa shape index (κ2) is 7.76. The molecule has 1 fully saturated rings. The number of fused-ring (bicyclic) bond motifs is 2. The SMILES string of the molecule is O=C1CCC(N2Cc3cc(CNS(=O)(=O)c4cccc5scnc45)ccc3C2=O)C(=O)N1. The van der Waals surface area contributed by atoms with Crippen molar-refractivity contribution in [2.75, 3.05) is 0 Å². The fourth-order valence-electron chi connectivity index (χ4n) is 4.07. The lowest BCUT2D eigenvalue weighted by Gasteiger charge is -2.29. The van der Waals surface area contributed by atoms with Crippen LogP contribution >= 0.6 is 11.3 Å². The number of sulfonamides is 1. The van der Waals surface area contributed by atoms with Crippen molar-refractivity contribution in [3.8, 4) is 0 Å². The second-order valence-electron chi connectivity index (χ2n) is 7.67. The van der Waals surface area contributed by atoms with Gasteiger partial charge in [0.15, 0.2) is 0 Å². The number of hydrogen-bond acceptors (Lipinski definition) is 7. The van der Waals surface area contributed by atoms with Crippen LogP contribution < -0.4 is 10.0 Å². The highest BCUT2D eigenvalue weighted by Gasteiger charge is 2.39. The number of thiazole rings is 1. The van der Waals surface area contributed by atoms with Crippen LogP contribution in [-0.4, -0.2) is 42.1 Å². The summed E-state index contributed by atoms with van der Waals surface area (Å²) in [7, 11) is -3.79. The first-order valence-corrected chi connectivity index (χ1v) is 12.3. The van der Waals surface area contributed by atoms with Crippen LogP contribution in [-0.2, 0) is 32.7 Å². The molecular weight excluding hydrogens is 452 g/mol. The van der Waals surface area contributed by atoms with Crippen molar-refractivity contribution in [3.05, 3.63) is 58.6 Å². The van der Waals surface area contributed by atoms with Crippen molar-refractivity contribution in [2.24, 2.45) is 0 Å². The lowest BCUT2D eigenvalue weighted by molar-refractivity contribution is -0.136. The molecule has 1 unspecified atom stereocenters. The van der Waals surface area contributed by atoms with Gasteiger partial charge >= 0.3 is 0 Å². The molecule has 3 heterocycles. The number of carbonyl (C=O) groups excluding carboxylic acids is 3. The number of amides is 3. The summed E-state index contributed by atoms with van der Waals surface area (Å²) in [6, 6.07) is 9.44. The Hall–Kier alpha value is -3.15. The first kappa shape index (κ1) is 20.7. The molecule has 2 aliphatic rings. The first-order valence-electron chi connectivity index (χ1n) is 9.92. The van der Waals surface area contributed by atoms with E-state index >= 15 is 0 Å². The fourth-order valence-corrected chi connectivity index (χ4v) is 6.03. The van der Waals surface area contributed by atoms with Crippen LogP contribution in [0.3, 0.4) is 0 Å². The van der Waals surface area contributed by atoms with Crippen molar-refractivity contribution in [2.45, 2.75) is 36.9 Å². The number of hydrogen-bond donors (Lipinski definition) is 2. The summed E-state index contributed by atoms with van der Waals surface area (Å²) in [5.74, 6) is -1.07. The van der Waals surface area contributed by atoms with Crippen molar-refractivity contribution in [3.63, 3.8) is 0 Å². The number of piperidine rings is 1. The van der Waals surface area contributed by atoms with E-state index in [-0.39, 0.29) is 36.2 Å². The van der Waals surface area contributed by atoms with Crippen molar-refractivity contribution in [1.82, 2.24) is 19.9 Å². The van der Waals surface area contributed by atoms with Gasteiger partial charge < -0.3 is 4.90 Å².